The molecule has 0 radical (unpaired) electrons. The van der Waals surface area contributed by atoms with Gasteiger partial charge >= 0.3 is 0 Å². The molecule has 1 aliphatic carbocycles. The lowest BCUT2D eigenvalue weighted by molar-refractivity contribution is 0.1000. The molecule has 2 aromatic carbocycles. The largest absolute Gasteiger partial charge is 0.490 e. The molecule has 1 fully saturated rings. The van der Waals surface area contributed by atoms with E-state index >= 15 is 0 Å². The smallest absolute Gasteiger partial charge is 0.248 e. The molecule has 0 bridgehead atoms. The van der Waals surface area contributed by atoms with Crippen molar-refractivity contribution < 1.29 is 13.9 Å². The van der Waals surface area contributed by atoms with E-state index in [2.05, 4.69) is 15.6 Å². The van der Waals surface area contributed by atoms with Crippen LogP contribution in [0.25, 0.3) is 0 Å². The third-order valence-corrected chi connectivity index (χ3v) is 4.88. The summed E-state index contributed by atoms with van der Waals surface area (Å²) in [4.78, 5) is 15.5. The lowest BCUT2D eigenvalue weighted by Crippen LogP contribution is -2.38. The van der Waals surface area contributed by atoms with E-state index in [-0.39, 0.29) is 11.9 Å². The van der Waals surface area contributed by atoms with Crippen molar-refractivity contribution in [1.29, 1.82) is 0 Å². The van der Waals surface area contributed by atoms with Crippen molar-refractivity contribution in [2.45, 2.75) is 32.4 Å². The third-order valence-electron chi connectivity index (χ3n) is 4.88. The zero-order valence-corrected chi connectivity index (χ0v) is 16.7. The van der Waals surface area contributed by atoms with E-state index in [4.69, 9.17) is 10.5 Å². The molecule has 154 valence electrons. The molecule has 3 rings (SSSR count). The quantitative estimate of drug-likeness (QED) is 0.471. The van der Waals surface area contributed by atoms with Gasteiger partial charge in [-0.2, -0.15) is 0 Å². The first-order valence-corrected chi connectivity index (χ1v) is 9.74. The predicted octanol–water partition coefficient (Wildman–Crippen LogP) is 3.14. The van der Waals surface area contributed by atoms with Gasteiger partial charge in [-0.25, -0.2) is 4.39 Å². The fourth-order valence-corrected chi connectivity index (χ4v) is 2.90. The summed E-state index contributed by atoms with van der Waals surface area (Å²) < 4.78 is 19.9. The van der Waals surface area contributed by atoms with Crippen LogP contribution in [-0.4, -0.2) is 25.5 Å². The van der Waals surface area contributed by atoms with Crippen molar-refractivity contribution >= 4 is 11.9 Å². The van der Waals surface area contributed by atoms with Gasteiger partial charge in [0.25, 0.3) is 0 Å². The lowest BCUT2D eigenvalue weighted by Gasteiger charge is -2.19. The van der Waals surface area contributed by atoms with E-state index in [0.29, 0.717) is 36.3 Å². The second-order valence-electron chi connectivity index (χ2n) is 7.30. The zero-order chi connectivity index (χ0) is 20.8. The van der Waals surface area contributed by atoms with Crippen molar-refractivity contribution in [1.82, 2.24) is 10.6 Å². The van der Waals surface area contributed by atoms with Crippen LogP contribution in [-0.2, 0) is 6.54 Å². The lowest BCUT2D eigenvalue weighted by atomic mass is 10.1. The van der Waals surface area contributed by atoms with Gasteiger partial charge in [-0.15, -0.1) is 0 Å². The highest BCUT2D eigenvalue weighted by atomic mass is 19.1. The van der Waals surface area contributed by atoms with Gasteiger partial charge in [0.15, 0.2) is 17.5 Å². The van der Waals surface area contributed by atoms with Crippen LogP contribution in [0.15, 0.2) is 47.5 Å². The summed E-state index contributed by atoms with van der Waals surface area (Å²) in [6.07, 6.45) is 2.33. The van der Waals surface area contributed by atoms with Gasteiger partial charge in [0, 0.05) is 19.2 Å². The topological polar surface area (TPSA) is 88.7 Å². The molecular formula is C22H27FN4O2. The maximum atomic E-state index is 14.3. The summed E-state index contributed by atoms with van der Waals surface area (Å²) in [5, 5.41) is 6.42. The van der Waals surface area contributed by atoms with Gasteiger partial charge in [0.2, 0.25) is 5.91 Å². The van der Waals surface area contributed by atoms with Gasteiger partial charge in [0.05, 0.1) is 12.6 Å². The number of amides is 1. The number of ether oxygens (including phenoxy) is 1. The Morgan fingerprint density at radius 2 is 2.10 bits per heavy atom. The first-order chi connectivity index (χ1) is 14.0. The number of carbonyl (C=O) groups excluding carboxylic acids is 1. The minimum atomic E-state index is -0.463. The van der Waals surface area contributed by atoms with Crippen LogP contribution in [0, 0.1) is 11.7 Å². The summed E-state index contributed by atoms with van der Waals surface area (Å²) >= 11 is 0. The van der Waals surface area contributed by atoms with E-state index in [9.17, 15) is 9.18 Å². The highest BCUT2D eigenvalue weighted by Gasteiger charge is 2.22. The zero-order valence-electron chi connectivity index (χ0n) is 16.7. The van der Waals surface area contributed by atoms with Crippen LogP contribution >= 0.6 is 0 Å². The number of hydrogen-bond donors (Lipinski definition) is 3. The molecule has 1 amide bonds. The third kappa shape index (κ3) is 5.94. The maximum Gasteiger partial charge on any atom is 0.248 e. The monoisotopic (exact) mass is 398 g/mol. The van der Waals surface area contributed by atoms with Crippen molar-refractivity contribution in [3.05, 3.63) is 65.0 Å². The number of guanidine groups is 1. The fraction of sp³-hybridized carbons (Fsp3) is 0.364. The summed E-state index contributed by atoms with van der Waals surface area (Å²) in [7, 11) is 1.66. The minimum Gasteiger partial charge on any atom is -0.490 e. The minimum absolute atomic E-state index is 0.162. The molecular weight excluding hydrogens is 371 g/mol. The van der Waals surface area contributed by atoms with Crippen molar-refractivity contribution in [2.75, 3.05) is 13.7 Å². The Hall–Kier alpha value is -3.09. The van der Waals surface area contributed by atoms with Gasteiger partial charge in [-0.1, -0.05) is 18.2 Å². The molecule has 0 saturated heterocycles. The summed E-state index contributed by atoms with van der Waals surface area (Å²) in [5.41, 5.74) is 7.47. The second kappa shape index (κ2) is 9.41. The van der Waals surface area contributed by atoms with Crippen LogP contribution in [0.1, 0.15) is 47.3 Å². The summed E-state index contributed by atoms with van der Waals surface area (Å²) in [6.45, 7) is 2.98. The number of hydrogen-bond acceptors (Lipinski definition) is 3. The summed E-state index contributed by atoms with van der Waals surface area (Å²) in [6, 6.07) is 11.9. The van der Waals surface area contributed by atoms with Crippen LogP contribution < -0.4 is 21.1 Å². The number of rotatable bonds is 8. The molecule has 1 aliphatic rings. The Morgan fingerprint density at radius 3 is 2.76 bits per heavy atom. The van der Waals surface area contributed by atoms with Crippen molar-refractivity contribution in [3.8, 4) is 5.75 Å². The predicted molar refractivity (Wildman–Crippen MR) is 111 cm³/mol. The molecule has 4 N–H and O–H groups in total. The maximum absolute atomic E-state index is 14.3. The molecule has 29 heavy (non-hydrogen) atoms. The number of nitrogens with zero attached hydrogens (tertiary/aromatic N) is 1. The molecule has 0 aromatic heterocycles. The molecule has 7 heteroatoms. The number of aliphatic imine (C=N–C) groups is 1. The molecule has 0 heterocycles. The highest BCUT2D eigenvalue weighted by Crippen LogP contribution is 2.30. The second-order valence-corrected chi connectivity index (χ2v) is 7.30. The van der Waals surface area contributed by atoms with Crippen molar-refractivity contribution in [3.63, 3.8) is 0 Å². The van der Waals surface area contributed by atoms with E-state index in [0.717, 1.165) is 11.1 Å². The first-order valence-electron chi connectivity index (χ1n) is 9.74. The van der Waals surface area contributed by atoms with Gasteiger partial charge in [0.1, 0.15) is 0 Å². The fourth-order valence-electron chi connectivity index (χ4n) is 2.90. The average molecular weight is 398 g/mol. The number of nitrogens with two attached hydrogens (primary N) is 1. The molecule has 1 saturated carbocycles. The Kier molecular flexibility index (Phi) is 6.69. The normalized spacial score (nSPS) is 14.9. The molecule has 1 atom stereocenters. The van der Waals surface area contributed by atoms with Gasteiger partial charge < -0.3 is 21.1 Å². The van der Waals surface area contributed by atoms with E-state index in [1.54, 1.807) is 31.3 Å². The van der Waals surface area contributed by atoms with Crippen molar-refractivity contribution in [2.24, 2.45) is 16.6 Å². The molecule has 6 nitrogen and oxygen atoms in total. The van der Waals surface area contributed by atoms with E-state index in [1.807, 2.05) is 19.1 Å². The number of carbonyl (C=O) groups is 1. The number of benzene rings is 2. The SMILES string of the molecule is CN=C(NCc1cccc(C(N)=O)c1)NC(C)c1ccc(OCC2CC2)c(F)c1. The van der Waals surface area contributed by atoms with Crippen LogP contribution in [0.4, 0.5) is 4.39 Å². The number of nitrogens with one attached hydrogen (secondary N) is 2. The average Bonchev–Trinajstić information content (AvgIpc) is 3.54. The highest BCUT2D eigenvalue weighted by molar-refractivity contribution is 5.92. The Bertz CT molecular complexity index is 896. The van der Waals surface area contributed by atoms with E-state index in [1.165, 1.54) is 18.9 Å². The van der Waals surface area contributed by atoms with Gasteiger partial charge in [-0.05, 0) is 61.1 Å². The molecule has 1 unspecified atom stereocenters. The molecule has 0 aliphatic heterocycles. The number of primary amides is 1. The summed E-state index contributed by atoms with van der Waals surface area (Å²) in [5.74, 6) is 0.617. The number of halogens is 1. The molecule has 2 aromatic rings. The Morgan fingerprint density at radius 1 is 1.31 bits per heavy atom. The standard InChI is InChI=1S/C22H27FN4O2/c1-14(17-8-9-20(19(23)11-17)29-13-15-6-7-15)27-22(25-2)26-12-16-4-3-5-18(10-16)21(24)28/h3-5,8-11,14-15H,6-7,12-13H2,1-2H3,(H2,24,28)(H2,25,26,27). The van der Waals surface area contributed by atoms with E-state index < -0.39 is 5.91 Å². The Labute approximate surface area is 170 Å². The Balaban J connectivity index is 1.56. The van der Waals surface area contributed by atoms with Gasteiger partial charge in [-0.3, -0.25) is 9.79 Å². The van der Waals surface area contributed by atoms with Crippen LogP contribution in [0.5, 0.6) is 5.75 Å². The van der Waals surface area contributed by atoms with Crippen LogP contribution in [0.3, 0.4) is 0 Å². The first kappa shape index (κ1) is 20.6. The van der Waals surface area contributed by atoms with Crippen LogP contribution in [0.2, 0.25) is 0 Å². The molecule has 0 spiro atoms.